The van der Waals surface area contributed by atoms with Crippen molar-refractivity contribution in [3.8, 4) is 0 Å². The molecule has 0 radical (unpaired) electrons. The molecule has 0 fully saturated rings. The molecule has 6 nitrogen and oxygen atoms in total. The second-order valence-electron chi connectivity index (χ2n) is 6.15. The molecule has 0 heterocycles. The van der Waals surface area contributed by atoms with Crippen LogP contribution >= 0.6 is 7.60 Å². The third-order valence-electron chi connectivity index (χ3n) is 3.62. The normalized spacial score (nSPS) is 14.3. The quantitative estimate of drug-likeness (QED) is 0.312. The first kappa shape index (κ1) is 26.2. The average Bonchev–Trinajstić information content (AvgIpc) is 2.48. The first-order valence-corrected chi connectivity index (χ1v) is 9.66. The molecule has 0 aliphatic rings. The van der Waals surface area contributed by atoms with E-state index in [1.165, 1.54) is 19.2 Å². The maximum Gasteiger partial charge on any atom is 0.434 e. The monoisotopic (exact) mass is 430 g/mol. The van der Waals surface area contributed by atoms with Crippen molar-refractivity contribution < 1.29 is 44.7 Å². The highest BCUT2D eigenvalue weighted by Gasteiger charge is 2.72. The van der Waals surface area contributed by atoms with Crippen LogP contribution in [0.1, 0.15) is 41.0 Å². The first-order valence-electron chi connectivity index (χ1n) is 8.12. The summed E-state index contributed by atoms with van der Waals surface area (Å²) in [5.74, 6) is -1.47. The number of rotatable bonds is 10. The summed E-state index contributed by atoms with van der Waals surface area (Å²) < 4.78 is 103. The summed E-state index contributed by atoms with van der Waals surface area (Å²) >= 11 is 0. The Balaban J connectivity index is 6.01. The van der Waals surface area contributed by atoms with Crippen LogP contribution < -0.4 is 10.6 Å². The van der Waals surface area contributed by atoms with Gasteiger partial charge in [0.1, 0.15) is 0 Å². The third-order valence-corrected chi connectivity index (χ3v) is 6.46. The van der Waals surface area contributed by atoms with Gasteiger partial charge in [0.05, 0.1) is 18.4 Å². The smallest absolute Gasteiger partial charge is 0.323 e. The lowest BCUT2D eigenvalue weighted by atomic mass is 10.1. The molecular formula is C14H25F6N2O4P. The Hall–Kier alpha value is -0.840. The van der Waals surface area contributed by atoms with Crippen LogP contribution in [0.5, 0.6) is 0 Å². The van der Waals surface area contributed by atoms with Gasteiger partial charge in [-0.05, 0) is 27.7 Å². The molecule has 0 aromatic carbocycles. The molecule has 0 atom stereocenters. The van der Waals surface area contributed by atoms with E-state index in [-0.39, 0.29) is 13.2 Å². The fourth-order valence-corrected chi connectivity index (χ4v) is 3.74. The van der Waals surface area contributed by atoms with E-state index in [2.05, 4.69) is 0 Å². The number of alkyl halides is 6. The van der Waals surface area contributed by atoms with Gasteiger partial charge in [-0.15, -0.1) is 0 Å². The number of amides is 1. The van der Waals surface area contributed by atoms with Crippen molar-refractivity contribution in [2.24, 2.45) is 0 Å². The largest absolute Gasteiger partial charge is 0.434 e. The lowest BCUT2D eigenvalue weighted by Crippen LogP contribution is -2.76. The van der Waals surface area contributed by atoms with Crippen molar-refractivity contribution in [1.82, 2.24) is 10.6 Å². The minimum absolute atomic E-state index is 0.128. The molecule has 0 aromatic heterocycles. The summed E-state index contributed by atoms with van der Waals surface area (Å²) in [7, 11) is -4.06. The Bertz CT molecular complexity index is 527. The van der Waals surface area contributed by atoms with E-state index in [9.17, 15) is 35.7 Å². The minimum atomic E-state index is -5.92. The number of hydrogen-bond donors (Lipinski definition) is 2. The third kappa shape index (κ3) is 5.82. The van der Waals surface area contributed by atoms with Crippen LogP contribution in [0.25, 0.3) is 0 Å². The fourth-order valence-electron chi connectivity index (χ4n) is 2.02. The Morgan fingerprint density at radius 1 is 0.926 bits per heavy atom. The molecule has 162 valence electrons. The van der Waals surface area contributed by atoms with Crippen LogP contribution in [0.3, 0.4) is 0 Å². The Kier molecular flexibility index (Phi) is 8.82. The van der Waals surface area contributed by atoms with Gasteiger partial charge in [-0.1, -0.05) is 6.92 Å². The molecule has 0 saturated heterocycles. The van der Waals surface area contributed by atoms with E-state index >= 15 is 0 Å². The topological polar surface area (TPSA) is 76.7 Å². The van der Waals surface area contributed by atoms with Gasteiger partial charge in [-0.3, -0.25) is 14.7 Å². The molecule has 0 rings (SSSR count). The summed E-state index contributed by atoms with van der Waals surface area (Å²) in [5.41, 5.74) is -4.71. The van der Waals surface area contributed by atoms with Crippen molar-refractivity contribution in [2.75, 3.05) is 19.8 Å². The van der Waals surface area contributed by atoms with Gasteiger partial charge < -0.3 is 14.4 Å². The first-order chi connectivity index (χ1) is 12.0. The van der Waals surface area contributed by atoms with Gasteiger partial charge in [-0.2, -0.15) is 26.3 Å². The van der Waals surface area contributed by atoms with Crippen molar-refractivity contribution in [2.45, 2.75) is 64.2 Å². The zero-order valence-electron chi connectivity index (χ0n) is 15.7. The number of nitrogens with one attached hydrogen (secondary N) is 2. The van der Waals surface area contributed by atoms with E-state index in [0.29, 0.717) is 0 Å². The predicted octanol–water partition coefficient (Wildman–Crippen LogP) is 3.97. The second kappa shape index (κ2) is 9.11. The number of hydrogen-bond acceptors (Lipinski definition) is 5. The van der Waals surface area contributed by atoms with Crippen molar-refractivity contribution in [3.63, 3.8) is 0 Å². The van der Waals surface area contributed by atoms with E-state index < -0.39 is 49.6 Å². The molecule has 0 spiro atoms. The molecule has 0 saturated carbocycles. The van der Waals surface area contributed by atoms with Crippen molar-refractivity contribution in [1.29, 1.82) is 0 Å². The van der Waals surface area contributed by atoms with E-state index in [1.807, 2.05) is 0 Å². The van der Waals surface area contributed by atoms with Gasteiger partial charge >= 0.3 is 19.9 Å². The van der Waals surface area contributed by atoms with Crippen LogP contribution in [0, 0.1) is 0 Å². The average molecular weight is 430 g/mol. The molecule has 0 aliphatic heterocycles. The molecule has 0 unspecified atom stereocenters. The highest BCUT2D eigenvalue weighted by molar-refractivity contribution is 7.55. The second-order valence-corrected chi connectivity index (χ2v) is 8.87. The van der Waals surface area contributed by atoms with Gasteiger partial charge in [-0.25, -0.2) is 0 Å². The maximum atomic E-state index is 13.4. The maximum absolute atomic E-state index is 13.4. The summed E-state index contributed by atoms with van der Waals surface area (Å²) in [5, 5.41) is 0.538. The zero-order chi connectivity index (χ0) is 21.7. The van der Waals surface area contributed by atoms with E-state index in [0.717, 1.165) is 26.1 Å². The van der Waals surface area contributed by atoms with Crippen LogP contribution in [0.2, 0.25) is 0 Å². The van der Waals surface area contributed by atoms with E-state index in [1.54, 1.807) is 0 Å². The van der Waals surface area contributed by atoms with Gasteiger partial charge in [0, 0.05) is 13.0 Å². The SMILES string of the molecule is CCOP(=O)(OCC)C(C)(C)CNC(NC(=O)CC)(C(F)(F)F)C(F)(F)F. The van der Waals surface area contributed by atoms with Gasteiger partial charge in [0.25, 0.3) is 5.66 Å². The Labute approximate surface area is 153 Å². The molecule has 0 aliphatic carbocycles. The molecule has 0 aromatic rings. The highest BCUT2D eigenvalue weighted by atomic mass is 31.2. The zero-order valence-corrected chi connectivity index (χ0v) is 16.6. The Morgan fingerprint density at radius 2 is 1.33 bits per heavy atom. The summed E-state index contributed by atoms with van der Waals surface area (Å²) in [6.07, 6.45) is -12.4. The van der Waals surface area contributed by atoms with Crippen molar-refractivity contribution in [3.05, 3.63) is 0 Å². The number of carbonyl (C=O) groups excluding carboxylic acids is 1. The van der Waals surface area contributed by atoms with Crippen LogP contribution in [0.15, 0.2) is 0 Å². The van der Waals surface area contributed by atoms with Crippen LogP contribution in [-0.4, -0.2) is 48.8 Å². The Morgan fingerprint density at radius 3 is 1.63 bits per heavy atom. The molecule has 1 amide bonds. The molecular weight excluding hydrogens is 405 g/mol. The fraction of sp³-hybridized carbons (Fsp3) is 0.929. The minimum Gasteiger partial charge on any atom is -0.323 e. The van der Waals surface area contributed by atoms with Crippen LogP contribution in [-0.2, 0) is 18.4 Å². The lowest BCUT2D eigenvalue weighted by Gasteiger charge is -2.41. The molecule has 13 heteroatoms. The standard InChI is InChI=1S/C14H25F6N2O4P/c1-6-10(23)22-12(13(15,16)17,14(18,19)20)21-9-11(4,5)27(24,25-7-2)26-8-3/h21H,6-9H2,1-5H3,(H,22,23). The van der Waals surface area contributed by atoms with Gasteiger partial charge in [0.2, 0.25) is 5.91 Å². The summed E-state index contributed by atoms with van der Waals surface area (Å²) in [6, 6.07) is 0. The van der Waals surface area contributed by atoms with Gasteiger partial charge in [0.15, 0.2) is 0 Å². The van der Waals surface area contributed by atoms with Crippen molar-refractivity contribution >= 4 is 13.5 Å². The highest BCUT2D eigenvalue weighted by Crippen LogP contribution is 2.59. The van der Waals surface area contributed by atoms with Crippen LogP contribution in [0.4, 0.5) is 26.3 Å². The lowest BCUT2D eigenvalue weighted by molar-refractivity contribution is -0.316. The molecule has 27 heavy (non-hydrogen) atoms. The molecule has 2 N–H and O–H groups in total. The summed E-state index contributed by atoms with van der Waals surface area (Å²) in [6.45, 7) is 4.96. The number of carbonyl (C=O) groups is 1. The predicted molar refractivity (Wildman–Crippen MR) is 86.2 cm³/mol. The molecule has 0 bridgehead atoms. The van der Waals surface area contributed by atoms with E-state index in [4.69, 9.17) is 9.05 Å². The number of halogens is 6. The summed E-state index contributed by atoms with van der Waals surface area (Å²) in [4.78, 5) is 11.4.